The van der Waals surface area contributed by atoms with Gasteiger partial charge in [0.25, 0.3) is 0 Å². The average Bonchev–Trinajstić information content (AvgIpc) is 2.11. The third kappa shape index (κ3) is 1.46. The van der Waals surface area contributed by atoms with Crippen molar-refractivity contribution in [1.29, 1.82) is 0 Å². The number of hydrogen-bond acceptors (Lipinski definition) is 1. The second kappa shape index (κ2) is 2.53. The van der Waals surface area contributed by atoms with E-state index in [2.05, 4.69) is 0 Å². The van der Waals surface area contributed by atoms with Gasteiger partial charge in [0.1, 0.15) is 0 Å². The zero-order valence-electron chi connectivity index (χ0n) is 10.4. The highest BCUT2D eigenvalue weighted by Gasteiger charge is 1.87. The Morgan fingerprint density at radius 3 is 2.22 bits per heavy atom. The van der Waals surface area contributed by atoms with Gasteiger partial charge in [-0.1, -0.05) is 18.1 Å². The van der Waals surface area contributed by atoms with Gasteiger partial charge in [0.2, 0.25) is 0 Å². The summed E-state index contributed by atoms with van der Waals surface area (Å²) in [5.74, 6) is 0. The highest BCUT2D eigenvalue weighted by Crippen LogP contribution is 2.07. The van der Waals surface area contributed by atoms with Crippen LogP contribution >= 0.6 is 0 Å². The van der Waals surface area contributed by atoms with Crippen molar-refractivity contribution >= 4 is 5.69 Å². The summed E-state index contributed by atoms with van der Waals surface area (Å²) in [6, 6.07) is -1.28. The lowest BCUT2D eigenvalue weighted by Crippen LogP contribution is -2.07. The lowest BCUT2D eigenvalue weighted by molar-refractivity contribution is 1.13. The van der Waals surface area contributed by atoms with E-state index in [4.69, 9.17) is 6.85 Å². The molecule has 1 aromatic carbocycles. The fourth-order valence-corrected chi connectivity index (χ4v) is 0.467. The molecule has 0 fully saturated rings. The van der Waals surface area contributed by atoms with E-state index in [1.165, 1.54) is 4.90 Å². The first-order valence-electron chi connectivity index (χ1n) is 5.12. The van der Waals surface area contributed by atoms with Crippen LogP contribution in [0, 0.1) is 0 Å². The van der Waals surface area contributed by atoms with Gasteiger partial charge in [0.15, 0.2) is 0 Å². The topological polar surface area (TPSA) is 3.24 Å². The summed E-state index contributed by atoms with van der Waals surface area (Å²) in [5.41, 5.74) is 0.219. The summed E-state index contributed by atoms with van der Waals surface area (Å²) in [4.78, 5) is 1.51. The molecule has 0 N–H and O–H groups in total. The summed E-state index contributed by atoms with van der Waals surface area (Å²) in [6.45, 7) is 0. The number of nitrogens with zero attached hydrogens (tertiary/aromatic N) is 1. The molecular weight excluding hydrogens is 110 g/mol. The van der Waals surface area contributed by atoms with Gasteiger partial charge in [0, 0.05) is 19.8 Å². The summed E-state index contributed by atoms with van der Waals surface area (Å²) in [5, 5.41) is 0. The maximum atomic E-state index is 7.55. The Morgan fingerprint density at radius 2 is 1.78 bits per heavy atom. The van der Waals surface area contributed by atoms with Gasteiger partial charge in [-0.3, -0.25) is 0 Å². The van der Waals surface area contributed by atoms with Crippen LogP contribution in [0.25, 0.3) is 0 Å². The van der Waals surface area contributed by atoms with Gasteiger partial charge in [-0.15, -0.1) is 0 Å². The predicted molar refractivity (Wildman–Crippen MR) is 40.8 cm³/mol. The number of para-hydroxylation sites is 1. The van der Waals surface area contributed by atoms with E-state index in [1.807, 2.05) is 0 Å². The van der Waals surface area contributed by atoms with Crippen molar-refractivity contribution in [3.8, 4) is 0 Å². The van der Waals surface area contributed by atoms with Gasteiger partial charge < -0.3 is 4.90 Å². The summed E-state index contributed by atoms with van der Waals surface area (Å²) in [7, 11) is 3.29. The van der Waals surface area contributed by atoms with E-state index in [1.54, 1.807) is 14.1 Å². The van der Waals surface area contributed by atoms with Crippen molar-refractivity contribution in [2.24, 2.45) is 0 Å². The average molecular weight is 126 g/mol. The quantitative estimate of drug-likeness (QED) is 0.554. The molecule has 0 heterocycles. The Morgan fingerprint density at radius 1 is 1.22 bits per heavy atom. The van der Waals surface area contributed by atoms with E-state index in [0.717, 1.165) is 0 Å². The normalized spacial score (nSPS) is 16.9. The molecule has 0 aromatic heterocycles. The Hall–Kier alpha value is -0.980. The molecule has 1 rings (SSSR count). The van der Waals surface area contributed by atoms with Crippen LogP contribution in [0.15, 0.2) is 30.2 Å². The monoisotopic (exact) mass is 126 g/mol. The molecule has 1 aromatic rings. The van der Waals surface area contributed by atoms with Crippen LogP contribution in [0.5, 0.6) is 0 Å². The zero-order valence-corrected chi connectivity index (χ0v) is 5.45. The van der Waals surface area contributed by atoms with Crippen molar-refractivity contribution < 1.29 is 6.85 Å². The third-order valence-electron chi connectivity index (χ3n) is 0.934. The van der Waals surface area contributed by atoms with Crippen molar-refractivity contribution in [2.75, 3.05) is 19.0 Å². The van der Waals surface area contributed by atoms with Gasteiger partial charge >= 0.3 is 0 Å². The van der Waals surface area contributed by atoms with Gasteiger partial charge in [-0.25, -0.2) is 0 Å². The number of hydrogen-bond donors (Lipinski definition) is 0. The van der Waals surface area contributed by atoms with E-state index in [-0.39, 0.29) is 35.9 Å². The maximum Gasteiger partial charge on any atom is 0.0645 e. The first-order chi connectivity index (χ1) is 6.37. The molecule has 0 aliphatic carbocycles. The number of anilines is 1. The molecule has 0 atom stereocenters. The van der Waals surface area contributed by atoms with Crippen LogP contribution < -0.4 is 4.90 Å². The van der Waals surface area contributed by atoms with Crippen molar-refractivity contribution in [3.63, 3.8) is 0 Å². The van der Waals surface area contributed by atoms with Crippen LogP contribution in [0.1, 0.15) is 6.85 Å². The molecule has 9 heavy (non-hydrogen) atoms. The molecule has 0 aliphatic heterocycles. The molecule has 0 amide bonds. The molecule has 1 nitrogen and oxygen atoms in total. The molecule has 0 saturated heterocycles. The van der Waals surface area contributed by atoms with E-state index in [9.17, 15) is 0 Å². The highest BCUT2D eigenvalue weighted by molar-refractivity contribution is 5.43. The van der Waals surface area contributed by atoms with Gasteiger partial charge in [-0.2, -0.15) is 0 Å². The highest BCUT2D eigenvalue weighted by atomic mass is 15.1. The van der Waals surface area contributed by atoms with Gasteiger partial charge in [-0.05, 0) is 12.1 Å². The van der Waals surface area contributed by atoms with Crippen LogP contribution in [0.2, 0.25) is 0 Å². The van der Waals surface area contributed by atoms with Gasteiger partial charge in [0.05, 0.1) is 6.85 Å². The van der Waals surface area contributed by atoms with E-state index < -0.39 is 0 Å². The molecule has 0 aliphatic rings. The Kier molecular flexibility index (Phi) is 0.656. The molecule has 0 unspecified atom stereocenters. The predicted octanol–water partition coefficient (Wildman–Crippen LogP) is 1.75. The summed E-state index contributed by atoms with van der Waals surface area (Å²) >= 11 is 0. The Labute approximate surface area is 62.9 Å². The molecule has 1 heteroatoms. The van der Waals surface area contributed by atoms with Crippen LogP contribution in [-0.2, 0) is 0 Å². The lowest BCUT2D eigenvalue weighted by Gasteiger charge is -2.10. The first-order valence-corrected chi connectivity index (χ1v) is 2.62. The first kappa shape index (κ1) is 2.33. The van der Waals surface area contributed by atoms with Crippen molar-refractivity contribution in [3.05, 3.63) is 30.2 Å². The van der Waals surface area contributed by atoms with Crippen LogP contribution in [0.4, 0.5) is 5.69 Å². The van der Waals surface area contributed by atoms with E-state index >= 15 is 0 Å². The van der Waals surface area contributed by atoms with Crippen molar-refractivity contribution in [1.82, 2.24) is 0 Å². The maximum absolute atomic E-state index is 7.55. The fraction of sp³-hybridized carbons (Fsp3) is 0.250. The minimum atomic E-state index is -0.356. The second-order valence-corrected chi connectivity index (χ2v) is 1.87. The number of rotatable bonds is 1. The Bertz CT molecular complexity index is 345. The zero-order chi connectivity index (χ0) is 11.0. The second-order valence-electron chi connectivity index (χ2n) is 1.87. The largest absolute Gasteiger partial charge is 0.378 e. The molecule has 0 spiro atoms. The van der Waals surface area contributed by atoms with Crippen LogP contribution in [0.3, 0.4) is 0 Å². The Balaban J connectivity index is 3.60. The number of benzene rings is 1. The minimum absolute atomic E-state index is 0.166. The molecule has 0 saturated carbocycles. The van der Waals surface area contributed by atoms with Crippen molar-refractivity contribution in [2.45, 2.75) is 0 Å². The van der Waals surface area contributed by atoms with Crippen LogP contribution in [-0.4, -0.2) is 14.1 Å². The molecule has 0 radical (unpaired) electrons. The molecule has 48 valence electrons. The third-order valence-corrected chi connectivity index (χ3v) is 0.934. The summed E-state index contributed by atoms with van der Waals surface area (Å²) < 4.78 is 37.3. The minimum Gasteiger partial charge on any atom is -0.378 e. The van der Waals surface area contributed by atoms with E-state index in [0.29, 0.717) is 0 Å². The fourth-order valence-electron chi connectivity index (χ4n) is 0.467. The smallest absolute Gasteiger partial charge is 0.0645 e. The SMILES string of the molecule is [2H]c1c([2H])c([2H])c(N(C)C)c([2H])c1[2H]. The standard InChI is InChI=1S/C8H11N/c1-9(2)8-6-4-3-5-7-8/h3-7H,1-2H3/i3D,4D,5D,6D,7D. The molecule has 0 bridgehead atoms. The molecular formula is C8H11N. The lowest BCUT2D eigenvalue weighted by atomic mass is 10.3. The summed E-state index contributed by atoms with van der Waals surface area (Å²) in [6.07, 6.45) is 0.